The molecule has 0 aliphatic heterocycles. The molecule has 0 spiro atoms. The fraction of sp³-hybridized carbons (Fsp3) is 0.211. The largest absolute Gasteiger partial charge is 0.337 e. The summed E-state index contributed by atoms with van der Waals surface area (Å²) in [6.45, 7) is 4.49. The molecule has 2 amide bonds. The first-order valence-electron chi connectivity index (χ1n) is 8.20. The van der Waals surface area contributed by atoms with E-state index in [4.69, 9.17) is 0 Å². The number of benzene rings is 1. The standard InChI is InChI=1S/C19H21N5O/c1-14-12-15(2)24(23-14)18-8-5-7-17(13-18)22-19(25)21-11-9-16-6-3-4-10-20-16/h3-8,10,12-13H,9,11H2,1-2H3,(H2,21,22,25). The van der Waals surface area contributed by atoms with Crippen molar-refractivity contribution in [3.8, 4) is 5.69 Å². The maximum absolute atomic E-state index is 12.1. The summed E-state index contributed by atoms with van der Waals surface area (Å²) < 4.78 is 1.86. The second-order valence-electron chi connectivity index (χ2n) is 5.84. The first-order chi connectivity index (χ1) is 12.1. The molecule has 0 atom stereocenters. The average molecular weight is 335 g/mol. The molecule has 25 heavy (non-hydrogen) atoms. The maximum atomic E-state index is 12.1. The van der Waals surface area contributed by atoms with Gasteiger partial charge in [-0.25, -0.2) is 9.48 Å². The number of nitrogens with zero attached hydrogens (tertiary/aromatic N) is 3. The molecule has 0 radical (unpaired) electrons. The zero-order valence-electron chi connectivity index (χ0n) is 14.4. The van der Waals surface area contributed by atoms with E-state index in [1.807, 2.05) is 67.1 Å². The Morgan fingerprint density at radius 1 is 1.12 bits per heavy atom. The van der Waals surface area contributed by atoms with Gasteiger partial charge < -0.3 is 10.6 Å². The van der Waals surface area contributed by atoms with Crippen LogP contribution in [0.3, 0.4) is 0 Å². The quantitative estimate of drug-likeness (QED) is 0.752. The number of hydrogen-bond donors (Lipinski definition) is 2. The Labute approximate surface area is 146 Å². The molecule has 0 aliphatic carbocycles. The number of carbonyl (C=O) groups excluding carboxylic acids is 1. The van der Waals surface area contributed by atoms with Crippen molar-refractivity contribution in [1.82, 2.24) is 20.1 Å². The maximum Gasteiger partial charge on any atom is 0.319 e. The van der Waals surface area contributed by atoms with Gasteiger partial charge in [-0.15, -0.1) is 0 Å². The minimum atomic E-state index is -0.235. The van der Waals surface area contributed by atoms with Crippen LogP contribution in [0.5, 0.6) is 0 Å². The third-order valence-electron chi connectivity index (χ3n) is 3.75. The highest BCUT2D eigenvalue weighted by Crippen LogP contribution is 2.16. The van der Waals surface area contributed by atoms with Crippen molar-refractivity contribution < 1.29 is 4.79 Å². The predicted molar refractivity (Wildman–Crippen MR) is 98.0 cm³/mol. The summed E-state index contributed by atoms with van der Waals surface area (Å²) in [5.41, 5.74) is 4.60. The van der Waals surface area contributed by atoms with Crippen molar-refractivity contribution in [2.24, 2.45) is 0 Å². The Morgan fingerprint density at radius 2 is 2.00 bits per heavy atom. The summed E-state index contributed by atoms with van der Waals surface area (Å²) in [5, 5.41) is 10.2. The van der Waals surface area contributed by atoms with E-state index in [1.54, 1.807) is 6.20 Å². The smallest absolute Gasteiger partial charge is 0.319 e. The molecule has 128 valence electrons. The highest BCUT2D eigenvalue weighted by Gasteiger charge is 2.06. The van der Waals surface area contributed by atoms with E-state index in [2.05, 4.69) is 20.7 Å². The summed E-state index contributed by atoms with van der Waals surface area (Å²) >= 11 is 0. The van der Waals surface area contributed by atoms with Crippen molar-refractivity contribution in [3.63, 3.8) is 0 Å². The van der Waals surface area contributed by atoms with Gasteiger partial charge in [0.15, 0.2) is 0 Å². The SMILES string of the molecule is Cc1cc(C)n(-c2cccc(NC(=O)NCCc3ccccn3)c2)n1. The van der Waals surface area contributed by atoms with E-state index in [9.17, 15) is 4.79 Å². The molecule has 6 nitrogen and oxygen atoms in total. The lowest BCUT2D eigenvalue weighted by atomic mass is 10.2. The fourth-order valence-electron chi connectivity index (χ4n) is 2.63. The summed E-state index contributed by atoms with van der Waals surface area (Å²) in [4.78, 5) is 16.3. The van der Waals surface area contributed by atoms with Crippen molar-refractivity contribution in [2.45, 2.75) is 20.3 Å². The fourth-order valence-corrected chi connectivity index (χ4v) is 2.63. The molecule has 0 fully saturated rings. The number of nitrogens with one attached hydrogen (secondary N) is 2. The van der Waals surface area contributed by atoms with Crippen molar-refractivity contribution >= 4 is 11.7 Å². The van der Waals surface area contributed by atoms with Gasteiger partial charge in [-0.3, -0.25) is 4.98 Å². The first-order valence-corrected chi connectivity index (χ1v) is 8.20. The van der Waals surface area contributed by atoms with Crippen LogP contribution >= 0.6 is 0 Å². The molecular formula is C19H21N5O. The molecule has 0 saturated carbocycles. The summed E-state index contributed by atoms with van der Waals surface area (Å²) in [7, 11) is 0. The summed E-state index contributed by atoms with van der Waals surface area (Å²) in [6, 6.07) is 15.2. The van der Waals surface area contributed by atoms with Crippen LogP contribution in [0.2, 0.25) is 0 Å². The first kappa shape index (κ1) is 16.7. The molecule has 0 aliphatic rings. The van der Waals surface area contributed by atoms with E-state index >= 15 is 0 Å². The van der Waals surface area contributed by atoms with E-state index in [0.717, 1.165) is 28.5 Å². The van der Waals surface area contributed by atoms with Gasteiger partial charge in [0.2, 0.25) is 0 Å². The molecule has 0 unspecified atom stereocenters. The number of rotatable bonds is 5. The summed E-state index contributed by atoms with van der Waals surface area (Å²) in [6.07, 6.45) is 2.44. The van der Waals surface area contributed by atoms with Gasteiger partial charge in [0.1, 0.15) is 0 Å². The summed E-state index contributed by atoms with van der Waals surface area (Å²) in [5.74, 6) is 0. The highest BCUT2D eigenvalue weighted by atomic mass is 16.2. The number of anilines is 1. The monoisotopic (exact) mass is 335 g/mol. The molecule has 3 aromatic rings. The van der Waals surface area contributed by atoms with Crippen molar-refractivity contribution in [1.29, 1.82) is 0 Å². The van der Waals surface area contributed by atoms with Crippen LogP contribution in [-0.4, -0.2) is 27.3 Å². The predicted octanol–water partition coefficient (Wildman–Crippen LogP) is 3.25. The normalized spacial score (nSPS) is 10.5. The Kier molecular flexibility index (Phi) is 5.09. The topological polar surface area (TPSA) is 71.8 Å². The van der Waals surface area contributed by atoms with Gasteiger partial charge in [-0.05, 0) is 50.2 Å². The minimum Gasteiger partial charge on any atom is -0.337 e. The van der Waals surface area contributed by atoms with Crippen LogP contribution in [0.4, 0.5) is 10.5 Å². The van der Waals surface area contributed by atoms with Gasteiger partial charge in [0, 0.05) is 36.2 Å². The van der Waals surface area contributed by atoms with Gasteiger partial charge in [-0.1, -0.05) is 12.1 Å². The van der Waals surface area contributed by atoms with Crippen LogP contribution < -0.4 is 10.6 Å². The van der Waals surface area contributed by atoms with E-state index in [0.29, 0.717) is 13.0 Å². The minimum absolute atomic E-state index is 0.235. The Balaban J connectivity index is 1.58. The zero-order valence-corrected chi connectivity index (χ0v) is 14.4. The highest BCUT2D eigenvalue weighted by molar-refractivity contribution is 5.89. The second-order valence-corrected chi connectivity index (χ2v) is 5.84. The van der Waals surface area contributed by atoms with Crippen LogP contribution in [0, 0.1) is 13.8 Å². The van der Waals surface area contributed by atoms with Crippen LogP contribution in [0.15, 0.2) is 54.7 Å². The number of aryl methyl sites for hydroxylation is 2. The van der Waals surface area contributed by atoms with Crippen molar-refractivity contribution in [2.75, 3.05) is 11.9 Å². The lowest BCUT2D eigenvalue weighted by Crippen LogP contribution is -2.30. The zero-order chi connectivity index (χ0) is 17.6. The molecule has 2 heterocycles. The molecule has 2 aromatic heterocycles. The molecule has 0 bridgehead atoms. The van der Waals surface area contributed by atoms with Crippen LogP contribution in [0.25, 0.3) is 5.69 Å². The number of hydrogen-bond acceptors (Lipinski definition) is 3. The Bertz CT molecular complexity index is 857. The molecule has 6 heteroatoms. The Morgan fingerprint density at radius 3 is 2.72 bits per heavy atom. The number of pyridine rings is 1. The number of carbonyl (C=O) groups is 1. The van der Waals surface area contributed by atoms with E-state index in [1.165, 1.54) is 0 Å². The average Bonchev–Trinajstić information content (AvgIpc) is 2.94. The third-order valence-corrected chi connectivity index (χ3v) is 3.75. The lowest BCUT2D eigenvalue weighted by Gasteiger charge is -2.10. The van der Waals surface area contributed by atoms with Gasteiger partial charge in [0.25, 0.3) is 0 Å². The molecule has 0 saturated heterocycles. The van der Waals surface area contributed by atoms with Gasteiger partial charge in [-0.2, -0.15) is 5.10 Å². The molecule has 1 aromatic carbocycles. The molecular weight excluding hydrogens is 314 g/mol. The van der Waals surface area contributed by atoms with Crippen LogP contribution in [-0.2, 0) is 6.42 Å². The molecule has 2 N–H and O–H groups in total. The third kappa shape index (κ3) is 4.44. The van der Waals surface area contributed by atoms with E-state index in [-0.39, 0.29) is 6.03 Å². The molecule has 3 rings (SSSR count). The Hall–Kier alpha value is -3.15. The van der Waals surface area contributed by atoms with Crippen molar-refractivity contribution in [3.05, 3.63) is 71.8 Å². The number of urea groups is 1. The lowest BCUT2D eigenvalue weighted by molar-refractivity contribution is 0.252. The number of aromatic nitrogens is 3. The van der Waals surface area contributed by atoms with Crippen LogP contribution in [0.1, 0.15) is 17.1 Å². The van der Waals surface area contributed by atoms with E-state index < -0.39 is 0 Å². The second kappa shape index (κ2) is 7.61. The van der Waals surface area contributed by atoms with Gasteiger partial charge in [0.05, 0.1) is 11.4 Å². The number of amides is 2. The van der Waals surface area contributed by atoms with Gasteiger partial charge >= 0.3 is 6.03 Å².